The summed E-state index contributed by atoms with van der Waals surface area (Å²) < 4.78 is 36.7. The zero-order valence-corrected chi connectivity index (χ0v) is 11.4. The van der Waals surface area contributed by atoms with Crippen molar-refractivity contribution in [2.75, 3.05) is 0 Å². The van der Waals surface area contributed by atoms with E-state index in [1.54, 1.807) is 0 Å². The van der Waals surface area contributed by atoms with E-state index in [4.69, 9.17) is 28.3 Å². The Morgan fingerprint density at radius 1 is 1.20 bits per heavy atom. The first-order chi connectivity index (χ1) is 8.98. The van der Waals surface area contributed by atoms with Crippen molar-refractivity contribution in [2.24, 2.45) is 0 Å². The fraction of sp³-hybridized carbons (Fsp3) is 0.273. The molecule has 0 radical (unpaired) electrons. The van der Waals surface area contributed by atoms with Gasteiger partial charge in [0.1, 0.15) is 0 Å². The zero-order valence-electron chi connectivity index (χ0n) is 9.89. The lowest BCUT2D eigenvalue weighted by molar-refractivity contribution is -0.177. The van der Waals surface area contributed by atoms with Gasteiger partial charge in [0.2, 0.25) is 0 Å². The standard InChI is InChI=1S/C11H8Cl2F3NO3/c1-10(9(19)20,17-8(18)11(14,15)16)5-2-3-6(12)7(13)4-5/h2-4H,1H3,(H,17,18)(H,19,20). The molecule has 0 spiro atoms. The number of alkyl halides is 3. The molecule has 0 aliphatic rings. The summed E-state index contributed by atoms with van der Waals surface area (Å²) in [5, 5.41) is 10.6. The van der Waals surface area contributed by atoms with Gasteiger partial charge in [-0.2, -0.15) is 13.2 Å². The molecule has 0 aliphatic heterocycles. The van der Waals surface area contributed by atoms with Crippen molar-refractivity contribution >= 4 is 35.1 Å². The van der Waals surface area contributed by atoms with Crippen LogP contribution in [0.1, 0.15) is 12.5 Å². The first-order valence-corrected chi connectivity index (χ1v) is 5.82. The average Bonchev–Trinajstić information content (AvgIpc) is 2.30. The van der Waals surface area contributed by atoms with Crippen LogP contribution in [0.5, 0.6) is 0 Å². The number of carbonyl (C=O) groups excluding carboxylic acids is 1. The maximum atomic E-state index is 12.2. The first kappa shape index (κ1) is 16.6. The second-order valence-corrected chi connectivity index (χ2v) is 4.83. The summed E-state index contributed by atoms with van der Waals surface area (Å²) in [6, 6.07) is 3.47. The highest BCUT2D eigenvalue weighted by Crippen LogP contribution is 2.30. The van der Waals surface area contributed by atoms with Crippen LogP contribution in [0.15, 0.2) is 18.2 Å². The number of carboxylic acids is 1. The number of carboxylic acid groups (broad SMARTS) is 1. The summed E-state index contributed by atoms with van der Waals surface area (Å²) in [6.07, 6.45) is -5.20. The minimum absolute atomic E-state index is 0.0436. The average molecular weight is 330 g/mol. The Morgan fingerprint density at radius 3 is 2.15 bits per heavy atom. The smallest absolute Gasteiger partial charge is 0.471 e. The van der Waals surface area contributed by atoms with Crippen molar-refractivity contribution in [3.63, 3.8) is 0 Å². The normalized spacial score (nSPS) is 14.5. The highest BCUT2D eigenvalue weighted by Gasteiger charge is 2.46. The maximum Gasteiger partial charge on any atom is 0.471 e. The van der Waals surface area contributed by atoms with E-state index in [1.807, 2.05) is 0 Å². The van der Waals surface area contributed by atoms with E-state index >= 15 is 0 Å². The summed E-state index contributed by atoms with van der Waals surface area (Å²) in [7, 11) is 0. The first-order valence-electron chi connectivity index (χ1n) is 5.06. The van der Waals surface area contributed by atoms with Crippen LogP contribution in [0.2, 0.25) is 10.0 Å². The van der Waals surface area contributed by atoms with Gasteiger partial charge in [-0.15, -0.1) is 0 Å². The molecule has 1 atom stereocenters. The molecule has 0 heterocycles. The molecule has 1 unspecified atom stereocenters. The number of hydrogen-bond donors (Lipinski definition) is 2. The molecule has 0 fully saturated rings. The molecule has 1 amide bonds. The molecular weight excluding hydrogens is 322 g/mol. The minimum atomic E-state index is -5.20. The lowest BCUT2D eigenvalue weighted by Crippen LogP contribution is -2.53. The van der Waals surface area contributed by atoms with E-state index in [-0.39, 0.29) is 15.6 Å². The van der Waals surface area contributed by atoms with Crippen molar-refractivity contribution in [3.05, 3.63) is 33.8 Å². The molecule has 0 saturated heterocycles. The predicted molar refractivity (Wildman–Crippen MR) is 65.6 cm³/mol. The number of carbonyl (C=O) groups is 2. The lowest BCUT2D eigenvalue weighted by atomic mass is 9.92. The molecule has 20 heavy (non-hydrogen) atoms. The monoisotopic (exact) mass is 329 g/mol. The Hall–Kier alpha value is -1.47. The third-order valence-electron chi connectivity index (χ3n) is 2.55. The third kappa shape index (κ3) is 3.34. The predicted octanol–water partition coefficient (Wildman–Crippen LogP) is 2.97. The highest BCUT2D eigenvalue weighted by molar-refractivity contribution is 6.42. The Morgan fingerprint density at radius 2 is 1.75 bits per heavy atom. The number of amides is 1. The summed E-state index contributed by atoms with van der Waals surface area (Å²) >= 11 is 11.3. The molecule has 2 N–H and O–H groups in total. The van der Waals surface area contributed by atoms with E-state index in [9.17, 15) is 22.8 Å². The topological polar surface area (TPSA) is 66.4 Å². The van der Waals surface area contributed by atoms with Gasteiger partial charge in [-0.1, -0.05) is 29.3 Å². The van der Waals surface area contributed by atoms with Crippen LogP contribution < -0.4 is 5.32 Å². The van der Waals surface area contributed by atoms with Crippen LogP contribution >= 0.6 is 23.2 Å². The van der Waals surface area contributed by atoms with Gasteiger partial charge in [0.25, 0.3) is 0 Å². The second-order valence-electron chi connectivity index (χ2n) is 4.01. The Kier molecular flexibility index (Phi) is 4.55. The van der Waals surface area contributed by atoms with Crippen LogP contribution in [-0.2, 0) is 15.1 Å². The molecule has 9 heteroatoms. The number of benzene rings is 1. The van der Waals surface area contributed by atoms with E-state index in [2.05, 4.69) is 0 Å². The number of hydrogen-bond acceptors (Lipinski definition) is 2. The zero-order chi connectivity index (χ0) is 15.7. The largest absolute Gasteiger partial charge is 0.479 e. The van der Waals surface area contributed by atoms with Crippen LogP contribution in [0.4, 0.5) is 13.2 Å². The van der Waals surface area contributed by atoms with Crippen LogP contribution in [0.3, 0.4) is 0 Å². The fourth-order valence-corrected chi connectivity index (χ4v) is 1.65. The third-order valence-corrected chi connectivity index (χ3v) is 3.28. The lowest BCUT2D eigenvalue weighted by Gasteiger charge is -2.27. The van der Waals surface area contributed by atoms with E-state index in [0.29, 0.717) is 0 Å². The summed E-state index contributed by atoms with van der Waals surface area (Å²) in [5.74, 6) is -4.04. The van der Waals surface area contributed by atoms with Gasteiger partial charge in [0, 0.05) is 0 Å². The molecular formula is C11H8Cl2F3NO3. The molecule has 0 aliphatic carbocycles. The highest BCUT2D eigenvalue weighted by atomic mass is 35.5. The Bertz CT molecular complexity index is 562. The van der Waals surface area contributed by atoms with Gasteiger partial charge >= 0.3 is 18.1 Å². The number of nitrogens with one attached hydrogen (secondary N) is 1. The van der Waals surface area contributed by atoms with Gasteiger partial charge in [-0.3, -0.25) is 4.79 Å². The molecule has 0 saturated carbocycles. The van der Waals surface area contributed by atoms with Gasteiger partial charge < -0.3 is 10.4 Å². The van der Waals surface area contributed by atoms with Gasteiger partial charge in [-0.05, 0) is 24.6 Å². The Balaban J connectivity index is 3.25. The van der Waals surface area contributed by atoms with E-state index < -0.39 is 23.6 Å². The van der Waals surface area contributed by atoms with Gasteiger partial charge in [-0.25, -0.2) is 4.79 Å². The number of rotatable bonds is 3. The number of halogens is 5. The van der Waals surface area contributed by atoms with Gasteiger partial charge in [0.05, 0.1) is 10.0 Å². The SMILES string of the molecule is CC(NC(=O)C(F)(F)F)(C(=O)O)c1ccc(Cl)c(Cl)c1. The van der Waals surface area contributed by atoms with Crippen molar-refractivity contribution in [1.82, 2.24) is 5.32 Å². The van der Waals surface area contributed by atoms with Crippen LogP contribution in [-0.4, -0.2) is 23.2 Å². The second kappa shape index (κ2) is 5.49. The molecule has 110 valence electrons. The molecule has 4 nitrogen and oxygen atoms in total. The van der Waals surface area contributed by atoms with Crippen molar-refractivity contribution < 1.29 is 27.9 Å². The van der Waals surface area contributed by atoms with Crippen molar-refractivity contribution in [1.29, 1.82) is 0 Å². The number of aliphatic carboxylic acids is 1. The van der Waals surface area contributed by atoms with Gasteiger partial charge in [0.15, 0.2) is 5.54 Å². The molecule has 1 aromatic rings. The maximum absolute atomic E-state index is 12.2. The van der Waals surface area contributed by atoms with Crippen LogP contribution in [0.25, 0.3) is 0 Å². The molecule has 0 bridgehead atoms. The quantitative estimate of drug-likeness (QED) is 0.895. The van der Waals surface area contributed by atoms with E-state index in [1.165, 1.54) is 17.4 Å². The van der Waals surface area contributed by atoms with E-state index in [0.717, 1.165) is 13.0 Å². The summed E-state index contributed by atoms with van der Waals surface area (Å²) in [6.45, 7) is 0.915. The minimum Gasteiger partial charge on any atom is -0.479 e. The molecule has 1 aromatic carbocycles. The van der Waals surface area contributed by atoms with Crippen molar-refractivity contribution in [2.45, 2.75) is 18.6 Å². The molecule has 0 aromatic heterocycles. The summed E-state index contributed by atoms with van der Waals surface area (Å²) in [4.78, 5) is 22.2. The molecule has 1 rings (SSSR count). The van der Waals surface area contributed by atoms with Crippen molar-refractivity contribution in [3.8, 4) is 0 Å². The Labute approximate surface area is 121 Å². The summed E-state index contributed by atoms with van der Waals surface area (Å²) in [5.41, 5.74) is -2.43. The van der Waals surface area contributed by atoms with Crippen LogP contribution in [0, 0.1) is 0 Å². The fourth-order valence-electron chi connectivity index (χ4n) is 1.35.